The molecule has 0 saturated carbocycles. The van der Waals surface area contributed by atoms with E-state index in [1.54, 1.807) is 17.9 Å². The Kier molecular flexibility index (Phi) is 3.91. The molecule has 0 N–H and O–H groups in total. The quantitative estimate of drug-likeness (QED) is 0.874. The first kappa shape index (κ1) is 14.7. The highest BCUT2D eigenvalue weighted by atomic mass is 19.3. The van der Waals surface area contributed by atoms with Crippen molar-refractivity contribution < 1.29 is 18.1 Å². The minimum atomic E-state index is -2.75. The maximum atomic E-state index is 12.6. The summed E-state index contributed by atoms with van der Waals surface area (Å²) in [5.41, 5.74) is 0.714. The van der Waals surface area contributed by atoms with Crippen LogP contribution >= 0.6 is 0 Å². The fourth-order valence-corrected chi connectivity index (χ4v) is 2.73. The Morgan fingerprint density at radius 1 is 1.45 bits per heavy atom. The fraction of sp³-hybridized carbons (Fsp3) is 0.500. The summed E-state index contributed by atoms with van der Waals surface area (Å²) >= 11 is 0. The molecular weight excluding hydrogens is 294 g/mol. The van der Waals surface area contributed by atoms with E-state index in [0.29, 0.717) is 22.7 Å². The monoisotopic (exact) mass is 310 g/mol. The van der Waals surface area contributed by atoms with E-state index in [1.165, 1.54) is 6.07 Å². The highest BCUT2D eigenvalue weighted by Gasteiger charge is 2.32. The Balaban J connectivity index is 1.84. The molecule has 2 aromatic rings. The maximum Gasteiger partial charge on any atom is 0.333 e. The molecule has 3 rings (SSSR count). The molecule has 8 heteroatoms. The minimum Gasteiger partial charge on any atom is -0.361 e. The molecule has 1 amide bonds. The van der Waals surface area contributed by atoms with Gasteiger partial charge < -0.3 is 9.42 Å². The van der Waals surface area contributed by atoms with Gasteiger partial charge in [-0.25, -0.2) is 4.68 Å². The molecule has 3 heterocycles. The van der Waals surface area contributed by atoms with Crippen LogP contribution in [0.2, 0.25) is 0 Å². The van der Waals surface area contributed by atoms with Crippen molar-refractivity contribution in [3.05, 3.63) is 35.5 Å². The van der Waals surface area contributed by atoms with Gasteiger partial charge in [0, 0.05) is 18.8 Å². The number of alkyl halides is 2. The van der Waals surface area contributed by atoms with E-state index in [2.05, 4.69) is 10.3 Å². The predicted octanol–water partition coefficient (Wildman–Crippen LogP) is 2.94. The van der Waals surface area contributed by atoms with Crippen LogP contribution in [0.3, 0.4) is 0 Å². The Hall–Kier alpha value is -2.25. The van der Waals surface area contributed by atoms with Crippen LogP contribution in [-0.2, 0) is 0 Å². The van der Waals surface area contributed by atoms with Crippen molar-refractivity contribution in [1.29, 1.82) is 0 Å². The van der Waals surface area contributed by atoms with E-state index in [9.17, 15) is 13.6 Å². The third kappa shape index (κ3) is 2.72. The maximum absolute atomic E-state index is 12.6. The van der Waals surface area contributed by atoms with E-state index in [-0.39, 0.29) is 17.6 Å². The molecule has 6 nitrogen and oxygen atoms in total. The molecule has 0 aromatic carbocycles. The molecule has 1 aliphatic rings. The van der Waals surface area contributed by atoms with Crippen molar-refractivity contribution >= 4 is 5.91 Å². The van der Waals surface area contributed by atoms with E-state index in [4.69, 9.17) is 4.52 Å². The van der Waals surface area contributed by atoms with Crippen LogP contribution in [-0.4, -0.2) is 32.3 Å². The lowest BCUT2D eigenvalue weighted by Gasteiger charge is -2.34. The molecule has 0 bridgehead atoms. The van der Waals surface area contributed by atoms with Gasteiger partial charge in [0.05, 0.1) is 6.04 Å². The highest BCUT2D eigenvalue weighted by Crippen LogP contribution is 2.31. The number of hydrogen-bond acceptors (Lipinski definition) is 4. The van der Waals surface area contributed by atoms with Crippen LogP contribution in [0.1, 0.15) is 53.8 Å². The number of halogens is 2. The third-order valence-corrected chi connectivity index (χ3v) is 3.78. The number of piperidine rings is 1. The van der Waals surface area contributed by atoms with Crippen LogP contribution in [0.4, 0.5) is 8.78 Å². The number of aromatic nitrogens is 3. The summed E-state index contributed by atoms with van der Waals surface area (Å²) in [6, 6.07) is 2.91. The van der Waals surface area contributed by atoms with Crippen LogP contribution < -0.4 is 0 Å². The van der Waals surface area contributed by atoms with Crippen molar-refractivity contribution in [2.75, 3.05) is 6.54 Å². The first-order valence-corrected chi connectivity index (χ1v) is 7.14. The number of amides is 1. The van der Waals surface area contributed by atoms with E-state index in [1.807, 2.05) is 0 Å². The van der Waals surface area contributed by atoms with Crippen molar-refractivity contribution in [1.82, 2.24) is 19.8 Å². The third-order valence-electron chi connectivity index (χ3n) is 3.78. The average molecular weight is 310 g/mol. The van der Waals surface area contributed by atoms with Gasteiger partial charge in [0.25, 0.3) is 5.91 Å². The SMILES string of the molecule is Cc1cc([C@@H]2CCCCN2C(=O)c2ccn(C(F)F)n2)no1. The molecule has 118 valence electrons. The first-order valence-electron chi connectivity index (χ1n) is 7.14. The Morgan fingerprint density at radius 3 is 2.91 bits per heavy atom. The zero-order valence-corrected chi connectivity index (χ0v) is 12.1. The van der Waals surface area contributed by atoms with Crippen LogP contribution in [0.25, 0.3) is 0 Å². The summed E-state index contributed by atoms with van der Waals surface area (Å²) < 4.78 is 30.7. The van der Waals surface area contributed by atoms with Gasteiger partial charge in [-0.3, -0.25) is 4.79 Å². The molecule has 2 aromatic heterocycles. The number of aryl methyl sites for hydroxylation is 1. The second-order valence-electron chi connectivity index (χ2n) is 5.33. The van der Waals surface area contributed by atoms with Crippen LogP contribution in [0.15, 0.2) is 22.9 Å². The van der Waals surface area contributed by atoms with Crippen LogP contribution in [0.5, 0.6) is 0 Å². The standard InChI is InChI=1S/C14H16F2N4O2/c1-9-8-11(18-22-9)12-4-2-3-6-19(12)13(21)10-5-7-20(17-10)14(15)16/h5,7-8,12,14H,2-4,6H2,1H3/t12-/m0/s1. The minimum absolute atomic E-state index is 0.0208. The van der Waals surface area contributed by atoms with Gasteiger partial charge in [-0.05, 0) is 32.3 Å². The Morgan fingerprint density at radius 2 is 2.27 bits per heavy atom. The molecule has 22 heavy (non-hydrogen) atoms. The highest BCUT2D eigenvalue weighted by molar-refractivity contribution is 5.92. The van der Waals surface area contributed by atoms with Gasteiger partial charge in [-0.1, -0.05) is 5.16 Å². The molecule has 0 spiro atoms. The second-order valence-corrected chi connectivity index (χ2v) is 5.33. The van der Waals surface area contributed by atoms with Crippen molar-refractivity contribution in [3.8, 4) is 0 Å². The van der Waals surface area contributed by atoms with Gasteiger partial charge in [-0.2, -0.15) is 13.9 Å². The molecule has 0 radical (unpaired) electrons. The average Bonchev–Trinajstić information content (AvgIpc) is 3.15. The molecule has 1 fully saturated rings. The molecule has 1 aliphatic heterocycles. The van der Waals surface area contributed by atoms with Gasteiger partial charge in [0.1, 0.15) is 11.5 Å². The summed E-state index contributed by atoms with van der Waals surface area (Å²) in [6.07, 6.45) is 3.73. The topological polar surface area (TPSA) is 64.2 Å². The van der Waals surface area contributed by atoms with Crippen LogP contribution in [0, 0.1) is 6.92 Å². The Labute approximate surface area is 125 Å². The summed E-state index contributed by atoms with van der Waals surface area (Å²) in [4.78, 5) is 14.2. The zero-order chi connectivity index (χ0) is 15.7. The molecule has 1 saturated heterocycles. The number of hydrogen-bond donors (Lipinski definition) is 0. The number of carbonyl (C=O) groups is 1. The largest absolute Gasteiger partial charge is 0.361 e. The van der Waals surface area contributed by atoms with E-state index >= 15 is 0 Å². The molecular formula is C14H16F2N4O2. The lowest BCUT2D eigenvalue weighted by atomic mass is 9.98. The molecule has 0 aliphatic carbocycles. The summed E-state index contributed by atoms with van der Waals surface area (Å²) in [7, 11) is 0. The molecule has 1 atom stereocenters. The second kappa shape index (κ2) is 5.86. The van der Waals surface area contributed by atoms with Gasteiger partial charge >= 0.3 is 6.55 Å². The van der Waals surface area contributed by atoms with Gasteiger partial charge in [0.15, 0.2) is 5.69 Å². The van der Waals surface area contributed by atoms with Gasteiger partial charge in [0.2, 0.25) is 0 Å². The normalized spacial score (nSPS) is 18.9. The van der Waals surface area contributed by atoms with E-state index in [0.717, 1.165) is 25.5 Å². The van der Waals surface area contributed by atoms with E-state index < -0.39 is 6.55 Å². The Bertz CT molecular complexity index is 667. The summed E-state index contributed by atoms with van der Waals surface area (Å²) in [5.74, 6) is 0.319. The lowest BCUT2D eigenvalue weighted by molar-refractivity contribution is 0.0524. The summed E-state index contributed by atoms with van der Waals surface area (Å²) in [6.45, 7) is -0.413. The fourth-order valence-electron chi connectivity index (χ4n) is 2.73. The first-order chi connectivity index (χ1) is 10.6. The lowest BCUT2D eigenvalue weighted by Crippen LogP contribution is -2.39. The number of nitrogens with zero attached hydrogens (tertiary/aromatic N) is 4. The smallest absolute Gasteiger partial charge is 0.333 e. The number of carbonyl (C=O) groups excluding carboxylic acids is 1. The zero-order valence-electron chi connectivity index (χ0n) is 12.1. The molecule has 0 unspecified atom stereocenters. The van der Waals surface area contributed by atoms with Crippen molar-refractivity contribution in [2.24, 2.45) is 0 Å². The predicted molar refractivity (Wildman–Crippen MR) is 72.3 cm³/mol. The van der Waals surface area contributed by atoms with Crippen molar-refractivity contribution in [3.63, 3.8) is 0 Å². The van der Waals surface area contributed by atoms with Gasteiger partial charge in [-0.15, -0.1) is 0 Å². The summed E-state index contributed by atoms with van der Waals surface area (Å²) in [5, 5.41) is 7.63. The number of likely N-dealkylation sites (tertiary alicyclic amines) is 1. The number of rotatable bonds is 3. The van der Waals surface area contributed by atoms with Crippen molar-refractivity contribution in [2.45, 2.75) is 38.8 Å².